The summed E-state index contributed by atoms with van der Waals surface area (Å²) in [5, 5.41) is 12.9. The molecule has 0 radical (unpaired) electrons. The molecule has 3 rings (SSSR count). The highest BCUT2D eigenvalue weighted by atomic mass is 32.2. The fourth-order valence-electron chi connectivity index (χ4n) is 2.76. The number of pyridine rings is 1. The van der Waals surface area contributed by atoms with E-state index in [1.54, 1.807) is 12.3 Å². The quantitative estimate of drug-likeness (QED) is 0.854. The Morgan fingerprint density at radius 1 is 1.52 bits per heavy atom. The summed E-state index contributed by atoms with van der Waals surface area (Å²) in [6.07, 6.45) is 4.62. The average molecular weight is 327 g/mol. The van der Waals surface area contributed by atoms with E-state index in [2.05, 4.69) is 16.4 Å². The molecule has 0 bridgehead atoms. The normalized spacial score (nSPS) is 12.7. The smallest absolute Gasteiger partial charge is 0.230 e. The van der Waals surface area contributed by atoms with Gasteiger partial charge < -0.3 is 9.73 Å². The predicted molar refractivity (Wildman–Crippen MR) is 87.0 cm³/mol. The van der Waals surface area contributed by atoms with Gasteiger partial charge in [-0.05, 0) is 49.4 Å². The minimum atomic E-state index is -0.102. The number of thioether (sulfide) groups is 1. The van der Waals surface area contributed by atoms with Crippen LogP contribution in [0.2, 0.25) is 0 Å². The SMILES string of the molecule is Cc1c(C#N)c(SCC(=O)NCc2ccco2)nc2c1CCC2. The van der Waals surface area contributed by atoms with Crippen LogP contribution in [0.25, 0.3) is 0 Å². The van der Waals surface area contributed by atoms with Gasteiger partial charge in [0.15, 0.2) is 0 Å². The van der Waals surface area contributed by atoms with Gasteiger partial charge in [-0.1, -0.05) is 11.8 Å². The number of aromatic nitrogens is 1. The molecule has 1 aliphatic carbocycles. The number of furan rings is 1. The van der Waals surface area contributed by atoms with Crippen LogP contribution in [-0.4, -0.2) is 16.6 Å². The number of carbonyl (C=O) groups is 1. The van der Waals surface area contributed by atoms with Crippen LogP contribution in [0, 0.1) is 18.3 Å². The number of nitriles is 1. The molecule has 1 amide bonds. The van der Waals surface area contributed by atoms with Crippen LogP contribution in [0.15, 0.2) is 27.8 Å². The highest BCUT2D eigenvalue weighted by molar-refractivity contribution is 8.00. The van der Waals surface area contributed by atoms with E-state index in [0.717, 1.165) is 30.5 Å². The molecule has 2 heterocycles. The zero-order valence-corrected chi connectivity index (χ0v) is 13.7. The Bertz CT molecular complexity index is 763. The second-order valence-corrected chi connectivity index (χ2v) is 6.42. The van der Waals surface area contributed by atoms with E-state index < -0.39 is 0 Å². The number of carbonyl (C=O) groups excluding carboxylic acids is 1. The first-order valence-electron chi connectivity index (χ1n) is 7.53. The number of aryl methyl sites for hydroxylation is 1. The van der Waals surface area contributed by atoms with E-state index in [1.165, 1.54) is 17.3 Å². The summed E-state index contributed by atoms with van der Waals surface area (Å²) in [5.74, 6) is 0.850. The Morgan fingerprint density at radius 2 is 2.39 bits per heavy atom. The monoisotopic (exact) mass is 327 g/mol. The van der Waals surface area contributed by atoms with Gasteiger partial charge in [-0.3, -0.25) is 4.79 Å². The van der Waals surface area contributed by atoms with Gasteiger partial charge in [-0.15, -0.1) is 0 Å². The molecule has 5 nitrogen and oxygen atoms in total. The van der Waals surface area contributed by atoms with E-state index in [-0.39, 0.29) is 11.7 Å². The number of hydrogen-bond acceptors (Lipinski definition) is 5. The molecule has 0 atom stereocenters. The lowest BCUT2D eigenvalue weighted by Gasteiger charge is -2.10. The summed E-state index contributed by atoms with van der Waals surface area (Å²) in [6, 6.07) is 5.84. The molecule has 6 heteroatoms. The van der Waals surface area contributed by atoms with Gasteiger partial charge in [0, 0.05) is 5.69 Å². The highest BCUT2D eigenvalue weighted by Crippen LogP contribution is 2.31. The molecule has 1 aliphatic rings. The third-order valence-electron chi connectivity index (χ3n) is 3.96. The van der Waals surface area contributed by atoms with Crippen molar-refractivity contribution in [3.8, 4) is 6.07 Å². The van der Waals surface area contributed by atoms with Gasteiger partial charge in [0.2, 0.25) is 5.91 Å². The van der Waals surface area contributed by atoms with Crippen molar-refractivity contribution < 1.29 is 9.21 Å². The third kappa shape index (κ3) is 3.40. The summed E-state index contributed by atoms with van der Waals surface area (Å²) in [7, 11) is 0. The van der Waals surface area contributed by atoms with Gasteiger partial charge in [-0.25, -0.2) is 4.98 Å². The van der Waals surface area contributed by atoms with E-state index in [1.807, 2.05) is 13.0 Å². The molecule has 0 unspecified atom stereocenters. The van der Waals surface area contributed by atoms with Gasteiger partial charge in [0.25, 0.3) is 0 Å². The largest absolute Gasteiger partial charge is 0.467 e. The molecule has 2 aromatic heterocycles. The van der Waals surface area contributed by atoms with Crippen molar-refractivity contribution in [1.29, 1.82) is 5.26 Å². The van der Waals surface area contributed by atoms with Crippen molar-refractivity contribution >= 4 is 17.7 Å². The summed E-state index contributed by atoms with van der Waals surface area (Å²) in [6.45, 7) is 2.35. The molecule has 2 aromatic rings. The number of rotatable bonds is 5. The first-order chi connectivity index (χ1) is 11.2. The van der Waals surface area contributed by atoms with Gasteiger partial charge in [0.05, 0.1) is 24.1 Å². The molecule has 0 aliphatic heterocycles. The second kappa shape index (κ2) is 6.88. The van der Waals surface area contributed by atoms with Crippen molar-refractivity contribution in [2.75, 3.05) is 5.75 Å². The van der Waals surface area contributed by atoms with Crippen LogP contribution in [0.5, 0.6) is 0 Å². The summed E-state index contributed by atoms with van der Waals surface area (Å²) in [5.41, 5.74) is 3.93. The topological polar surface area (TPSA) is 78.9 Å². The molecular formula is C17H17N3O2S. The Hall–Kier alpha value is -2.26. The fourth-order valence-corrected chi connectivity index (χ4v) is 3.65. The lowest BCUT2D eigenvalue weighted by Crippen LogP contribution is -2.24. The molecule has 1 N–H and O–H groups in total. The molecule has 0 aromatic carbocycles. The van der Waals surface area contributed by atoms with Crippen molar-refractivity contribution in [3.05, 3.63) is 46.5 Å². The van der Waals surface area contributed by atoms with Crippen molar-refractivity contribution in [3.63, 3.8) is 0 Å². The van der Waals surface area contributed by atoms with Crippen LogP contribution in [0.4, 0.5) is 0 Å². The number of fused-ring (bicyclic) bond motifs is 1. The zero-order chi connectivity index (χ0) is 16.2. The number of nitrogens with one attached hydrogen (secondary N) is 1. The van der Waals surface area contributed by atoms with E-state index in [0.29, 0.717) is 22.9 Å². The first kappa shape index (κ1) is 15.6. The van der Waals surface area contributed by atoms with Gasteiger partial charge in [0.1, 0.15) is 16.9 Å². The lowest BCUT2D eigenvalue weighted by atomic mass is 10.0. The highest BCUT2D eigenvalue weighted by Gasteiger charge is 2.21. The van der Waals surface area contributed by atoms with Crippen molar-refractivity contribution in [1.82, 2.24) is 10.3 Å². The standard InChI is InChI=1S/C17H17N3O2S/c1-11-13-5-2-6-15(13)20-17(14(11)8-18)23-10-16(21)19-9-12-4-3-7-22-12/h3-4,7H,2,5-6,9-10H2,1H3,(H,19,21). The third-order valence-corrected chi connectivity index (χ3v) is 4.93. The summed E-state index contributed by atoms with van der Waals surface area (Å²) < 4.78 is 5.17. The molecule has 0 fully saturated rings. The summed E-state index contributed by atoms with van der Waals surface area (Å²) >= 11 is 1.32. The number of amides is 1. The van der Waals surface area contributed by atoms with Crippen LogP contribution in [0.1, 0.15) is 34.6 Å². The summed E-state index contributed by atoms with van der Waals surface area (Å²) in [4.78, 5) is 16.6. The number of nitrogens with zero attached hydrogens (tertiary/aromatic N) is 2. The minimum Gasteiger partial charge on any atom is -0.467 e. The first-order valence-corrected chi connectivity index (χ1v) is 8.52. The average Bonchev–Trinajstić information content (AvgIpc) is 3.22. The minimum absolute atomic E-state index is 0.102. The predicted octanol–water partition coefficient (Wildman–Crippen LogP) is 2.75. The molecule has 118 valence electrons. The Labute approximate surface area is 139 Å². The van der Waals surface area contributed by atoms with E-state index >= 15 is 0 Å². The van der Waals surface area contributed by atoms with Crippen LogP contribution >= 0.6 is 11.8 Å². The van der Waals surface area contributed by atoms with E-state index in [4.69, 9.17) is 4.42 Å². The lowest BCUT2D eigenvalue weighted by molar-refractivity contribution is -0.118. The maximum absolute atomic E-state index is 11.9. The zero-order valence-electron chi connectivity index (χ0n) is 12.9. The van der Waals surface area contributed by atoms with Gasteiger partial charge >= 0.3 is 0 Å². The molecule has 0 spiro atoms. The number of hydrogen-bond donors (Lipinski definition) is 1. The molecule has 23 heavy (non-hydrogen) atoms. The van der Waals surface area contributed by atoms with E-state index in [9.17, 15) is 10.1 Å². The van der Waals surface area contributed by atoms with Crippen molar-refractivity contribution in [2.45, 2.75) is 37.8 Å². The van der Waals surface area contributed by atoms with Crippen molar-refractivity contribution in [2.24, 2.45) is 0 Å². The maximum atomic E-state index is 11.9. The Balaban J connectivity index is 1.65. The van der Waals surface area contributed by atoms with Gasteiger partial charge in [-0.2, -0.15) is 5.26 Å². The Kier molecular flexibility index (Phi) is 4.68. The molecule has 0 saturated heterocycles. The maximum Gasteiger partial charge on any atom is 0.230 e. The van der Waals surface area contributed by atoms with Crippen LogP contribution < -0.4 is 5.32 Å². The molecular weight excluding hydrogens is 310 g/mol. The Morgan fingerprint density at radius 3 is 3.13 bits per heavy atom. The van der Waals surface area contributed by atoms with Crippen LogP contribution in [0.3, 0.4) is 0 Å². The molecule has 0 saturated carbocycles. The fraction of sp³-hybridized carbons (Fsp3) is 0.353. The van der Waals surface area contributed by atoms with Crippen LogP contribution in [-0.2, 0) is 24.2 Å². The second-order valence-electron chi connectivity index (χ2n) is 5.45.